The predicted octanol–water partition coefficient (Wildman–Crippen LogP) is 0.834. The van der Waals surface area contributed by atoms with E-state index in [1.807, 2.05) is 6.92 Å². The molecule has 0 amide bonds. The summed E-state index contributed by atoms with van der Waals surface area (Å²) < 4.78 is 5.05. The number of hydrogen-bond acceptors (Lipinski definition) is 6. The van der Waals surface area contributed by atoms with Crippen molar-refractivity contribution in [2.45, 2.75) is 26.3 Å². The number of rotatable bonds is 4. The number of aromatic nitrogens is 2. The molecule has 2 heterocycles. The van der Waals surface area contributed by atoms with Crippen LogP contribution in [0.5, 0.6) is 0 Å². The lowest BCUT2D eigenvalue weighted by molar-refractivity contribution is -0.149. The number of carbonyl (C=O) groups excluding carboxylic acids is 1. The van der Waals surface area contributed by atoms with Crippen molar-refractivity contribution in [1.29, 1.82) is 0 Å². The van der Waals surface area contributed by atoms with Gasteiger partial charge in [-0.3, -0.25) is 14.7 Å². The van der Waals surface area contributed by atoms with Crippen molar-refractivity contribution in [3.8, 4) is 0 Å². The first-order valence-corrected chi connectivity index (χ1v) is 6.64. The average Bonchev–Trinajstić information content (AvgIpc) is 2.42. The van der Waals surface area contributed by atoms with Gasteiger partial charge >= 0.3 is 5.97 Å². The molecule has 0 bridgehead atoms. The molecular formula is C13H20N4O2. The Morgan fingerprint density at radius 3 is 2.74 bits per heavy atom. The van der Waals surface area contributed by atoms with Crippen molar-refractivity contribution in [3.63, 3.8) is 0 Å². The summed E-state index contributed by atoms with van der Waals surface area (Å²) in [6.07, 6.45) is 4.97. The van der Waals surface area contributed by atoms with E-state index < -0.39 is 0 Å². The normalized spacial score (nSPS) is 17.3. The quantitative estimate of drug-likeness (QED) is 0.811. The van der Waals surface area contributed by atoms with Crippen molar-refractivity contribution < 1.29 is 9.53 Å². The maximum atomic E-state index is 11.6. The maximum Gasteiger partial charge on any atom is 0.309 e. The highest BCUT2D eigenvalue weighted by Crippen LogP contribution is 2.19. The van der Waals surface area contributed by atoms with Crippen molar-refractivity contribution in [2.75, 3.05) is 25.4 Å². The van der Waals surface area contributed by atoms with Gasteiger partial charge in [-0.05, 0) is 32.9 Å². The van der Waals surface area contributed by atoms with E-state index in [4.69, 9.17) is 10.5 Å². The zero-order valence-corrected chi connectivity index (χ0v) is 11.2. The van der Waals surface area contributed by atoms with Crippen LogP contribution in [-0.2, 0) is 16.1 Å². The van der Waals surface area contributed by atoms with Crippen molar-refractivity contribution in [3.05, 3.63) is 18.1 Å². The minimum absolute atomic E-state index is 0.0497. The number of nitrogen functional groups attached to an aromatic ring is 1. The highest BCUT2D eigenvalue weighted by Gasteiger charge is 2.25. The van der Waals surface area contributed by atoms with Crippen LogP contribution in [0.2, 0.25) is 0 Å². The standard InChI is InChI=1S/C13H20N4O2/c1-2-19-13(18)10-3-5-17(6-4-10)9-11-7-16-12(14)8-15-11/h7-8,10H,2-6,9H2,1H3,(H2,14,16). The minimum Gasteiger partial charge on any atom is -0.466 e. The molecule has 0 aliphatic carbocycles. The number of piperidine rings is 1. The van der Waals surface area contributed by atoms with Crippen LogP contribution in [0.1, 0.15) is 25.5 Å². The molecule has 6 heteroatoms. The highest BCUT2D eigenvalue weighted by atomic mass is 16.5. The van der Waals surface area contributed by atoms with E-state index in [-0.39, 0.29) is 11.9 Å². The molecule has 2 rings (SSSR count). The SMILES string of the molecule is CCOC(=O)C1CCN(Cc2cnc(N)cn2)CC1. The van der Waals surface area contributed by atoms with Gasteiger partial charge in [0.25, 0.3) is 0 Å². The second-order valence-electron chi connectivity index (χ2n) is 4.74. The van der Waals surface area contributed by atoms with Gasteiger partial charge in [0.2, 0.25) is 0 Å². The summed E-state index contributed by atoms with van der Waals surface area (Å²) >= 11 is 0. The van der Waals surface area contributed by atoms with Crippen LogP contribution >= 0.6 is 0 Å². The van der Waals surface area contributed by atoms with E-state index in [1.165, 1.54) is 0 Å². The molecule has 1 aromatic heterocycles. The van der Waals surface area contributed by atoms with Crippen molar-refractivity contribution in [1.82, 2.24) is 14.9 Å². The Morgan fingerprint density at radius 2 is 2.16 bits per heavy atom. The average molecular weight is 264 g/mol. The Morgan fingerprint density at radius 1 is 1.42 bits per heavy atom. The van der Waals surface area contributed by atoms with Crippen LogP contribution < -0.4 is 5.73 Å². The van der Waals surface area contributed by atoms with Crippen LogP contribution in [0.3, 0.4) is 0 Å². The molecular weight excluding hydrogens is 244 g/mol. The fourth-order valence-corrected chi connectivity index (χ4v) is 2.26. The molecule has 1 fully saturated rings. The van der Waals surface area contributed by atoms with Crippen LogP contribution in [0.15, 0.2) is 12.4 Å². The van der Waals surface area contributed by atoms with E-state index in [1.54, 1.807) is 12.4 Å². The fraction of sp³-hybridized carbons (Fsp3) is 0.615. The molecule has 0 saturated carbocycles. The first-order chi connectivity index (χ1) is 9.19. The summed E-state index contributed by atoms with van der Waals surface area (Å²) in [6.45, 7) is 4.82. The zero-order chi connectivity index (χ0) is 13.7. The van der Waals surface area contributed by atoms with E-state index in [0.29, 0.717) is 12.4 Å². The minimum atomic E-state index is -0.0607. The molecule has 0 atom stereocenters. The monoisotopic (exact) mass is 264 g/mol. The number of nitrogens with two attached hydrogens (primary N) is 1. The first-order valence-electron chi connectivity index (χ1n) is 6.64. The highest BCUT2D eigenvalue weighted by molar-refractivity contribution is 5.72. The molecule has 0 radical (unpaired) electrons. The van der Waals surface area contributed by atoms with Crippen LogP contribution in [0, 0.1) is 5.92 Å². The largest absolute Gasteiger partial charge is 0.466 e. The Bertz CT molecular complexity index is 413. The van der Waals surface area contributed by atoms with Crippen molar-refractivity contribution in [2.24, 2.45) is 5.92 Å². The molecule has 0 unspecified atom stereocenters. The number of hydrogen-bond donors (Lipinski definition) is 1. The molecule has 1 aromatic rings. The van der Waals surface area contributed by atoms with Gasteiger partial charge in [-0.1, -0.05) is 0 Å². The Hall–Kier alpha value is -1.69. The first kappa shape index (κ1) is 13.7. The summed E-state index contributed by atoms with van der Waals surface area (Å²) in [6, 6.07) is 0. The molecule has 1 aliphatic rings. The summed E-state index contributed by atoms with van der Waals surface area (Å²) in [4.78, 5) is 22.2. The number of esters is 1. The van der Waals surface area contributed by atoms with Crippen LogP contribution in [-0.4, -0.2) is 40.5 Å². The van der Waals surface area contributed by atoms with Gasteiger partial charge in [0, 0.05) is 6.54 Å². The van der Waals surface area contributed by atoms with Gasteiger partial charge in [0.1, 0.15) is 5.82 Å². The summed E-state index contributed by atoms with van der Waals surface area (Å²) in [7, 11) is 0. The number of nitrogens with zero attached hydrogens (tertiary/aromatic N) is 3. The van der Waals surface area contributed by atoms with Gasteiger partial charge in [-0.15, -0.1) is 0 Å². The van der Waals surface area contributed by atoms with Gasteiger partial charge < -0.3 is 10.5 Å². The fourth-order valence-electron chi connectivity index (χ4n) is 2.26. The zero-order valence-electron chi connectivity index (χ0n) is 11.2. The molecule has 0 aromatic carbocycles. The lowest BCUT2D eigenvalue weighted by atomic mass is 9.97. The number of ether oxygens (including phenoxy) is 1. The third kappa shape index (κ3) is 3.89. The second kappa shape index (κ2) is 6.47. The molecule has 2 N–H and O–H groups in total. The third-order valence-corrected chi connectivity index (χ3v) is 3.32. The molecule has 19 heavy (non-hydrogen) atoms. The molecule has 6 nitrogen and oxygen atoms in total. The Balaban J connectivity index is 1.80. The Kier molecular flexibility index (Phi) is 4.68. The van der Waals surface area contributed by atoms with E-state index in [0.717, 1.165) is 38.2 Å². The summed E-state index contributed by atoms with van der Waals surface area (Å²) in [5, 5.41) is 0. The second-order valence-corrected chi connectivity index (χ2v) is 4.74. The lowest BCUT2D eigenvalue weighted by Crippen LogP contribution is -2.36. The van der Waals surface area contributed by atoms with Gasteiger partial charge in [-0.25, -0.2) is 4.98 Å². The Labute approximate surface area is 113 Å². The molecule has 104 valence electrons. The smallest absolute Gasteiger partial charge is 0.309 e. The molecule has 1 aliphatic heterocycles. The van der Waals surface area contributed by atoms with Crippen LogP contribution in [0.25, 0.3) is 0 Å². The summed E-state index contributed by atoms with van der Waals surface area (Å²) in [5.74, 6) is 0.424. The van der Waals surface area contributed by atoms with Gasteiger partial charge in [0.05, 0.1) is 30.6 Å². The predicted molar refractivity (Wildman–Crippen MR) is 71.1 cm³/mol. The van der Waals surface area contributed by atoms with Crippen molar-refractivity contribution >= 4 is 11.8 Å². The molecule has 0 spiro atoms. The molecule has 1 saturated heterocycles. The number of carbonyl (C=O) groups is 1. The van der Waals surface area contributed by atoms with Gasteiger partial charge in [-0.2, -0.15) is 0 Å². The third-order valence-electron chi connectivity index (χ3n) is 3.32. The topological polar surface area (TPSA) is 81.3 Å². The van der Waals surface area contributed by atoms with Crippen LogP contribution in [0.4, 0.5) is 5.82 Å². The van der Waals surface area contributed by atoms with Gasteiger partial charge in [0.15, 0.2) is 0 Å². The number of anilines is 1. The van der Waals surface area contributed by atoms with E-state index in [2.05, 4.69) is 14.9 Å². The number of likely N-dealkylation sites (tertiary alicyclic amines) is 1. The summed E-state index contributed by atoms with van der Waals surface area (Å²) in [5.41, 5.74) is 6.41. The van der Waals surface area contributed by atoms with E-state index >= 15 is 0 Å². The lowest BCUT2D eigenvalue weighted by Gasteiger charge is -2.30. The van der Waals surface area contributed by atoms with E-state index in [9.17, 15) is 4.79 Å². The maximum absolute atomic E-state index is 11.6.